The van der Waals surface area contributed by atoms with E-state index in [2.05, 4.69) is 32.6 Å². The zero-order chi connectivity index (χ0) is 13.6. The molecule has 0 aromatic rings. The van der Waals surface area contributed by atoms with E-state index in [1.165, 1.54) is 45.1 Å². The highest BCUT2D eigenvalue weighted by molar-refractivity contribution is 4.81. The van der Waals surface area contributed by atoms with Gasteiger partial charge in [0.2, 0.25) is 0 Å². The van der Waals surface area contributed by atoms with Gasteiger partial charge >= 0.3 is 0 Å². The lowest BCUT2D eigenvalue weighted by molar-refractivity contribution is 0.120. The van der Waals surface area contributed by atoms with Crippen LogP contribution >= 0.6 is 0 Å². The van der Waals surface area contributed by atoms with E-state index in [0.717, 1.165) is 25.0 Å². The summed E-state index contributed by atoms with van der Waals surface area (Å²) in [6, 6.07) is 0.806. The van der Waals surface area contributed by atoms with Crippen LogP contribution in [0.4, 0.5) is 0 Å². The molecular formula is C16H34N2. The van der Waals surface area contributed by atoms with Crippen LogP contribution in [0.3, 0.4) is 0 Å². The third-order valence-corrected chi connectivity index (χ3v) is 4.44. The van der Waals surface area contributed by atoms with Crippen molar-refractivity contribution in [3.05, 3.63) is 0 Å². The van der Waals surface area contributed by atoms with Crippen LogP contribution in [0.2, 0.25) is 0 Å². The Morgan fingerprint density at radius 2 is 1.89 bits per heavy atom. The molecule has 1 rings (SSSR count). The van der Waals surface area contributed by atoms with Crippen molar-refractivity contribution in [2.24, 2.45) is 17.1 Å². The van der Waals surface area contributed by atoms with Crippen molar-refractivity contribution in [2.45, 2.75) is 72.3 Å². The molecule has 2 atom stereocenters. The SMILES string of the molecule is CCCN(CC(C)(C)CN)C1CCCC(C)CC1. The molecule has 1 aliphatic rings. The number of hydrogen-bond donors (Lipinski definition) is 1. The predicted molar refractivity (Wildman–Crippen MR) is 80.7 cm³/mol. The minimum absolute atomic E-state index is 0.257. The van der Waals surface area contributed by atoms with Gasteiger partial charge in [0.05, 0.1) is 0 Å². The average Bonchev–Trinajstić information content (AvgIpc) is 2.53. The molecule has 18 heavy (non-hydrogen) atoms. The molecule has 0 aromatic carbocycles. The third-order valence-electron chi connectivity index (χ3n) is 4.44. The smallest absolute Gasteiger partial charge is 0.00955 e. The fourth-order valence-corrected chi connectivity index (χ4v) is 3.12. The van der Waals surface area contributed by atoms with E-state index in [0.29, 0.717) is 0 Å². The van der Waals surface area contributed by atoms with E-state index in [-0.39, 0.29) is 5.41 Å². The summed E-state index contributed by atoms with van der Waals surface area (Å²) in [4.78, 5) is 2.73. The second-order valence-electron chi connectivity index (χ2n) is 7.11. The van der Waals surface area contributed by atoms with Crippen LogP contribution in [0.15, 0.2) is 0 Å². The summed E-state index contributed by atoms with van der Waals surface area (Å²) in [5, 5.41) is 0. The maximum Gasteiger partial charge on any atom is 0.00955 e. The summed E-state index contributed by atoms with van der Waals surface area (Å²) in [5.41, 5.74) is 6.16. The first kappa shape index (κ1) is 16.0. The average molecular weight is 254 g/mol. The van der Waals surface area contributed by atoms with Crippen LogP contribution in [-0.4, -0.2) is 30.6 Å². The first-order chi connectivity index (χ1) is 8.48. The lowest BCUT2D eigenvalue weighted by Crippen LogP contribution is -2.44. The number of rotatable bonds is 6. The normalized spacial score (nSPS) is 26.3. The van der Waals surface area contributed by atoms with Crippen LogP contribution in [0.5, 0.6) is 0 Å². The number of nitrogens with zero attached hydrogens (tertiary/aromatic N) is 1. The van der Waals surface area contributed by atoms with Gasteiger partial charge in [-0.1, -0.05) is 40.5 Å². The Morgan fingerprint density at radius 3 is 2.50 bits per heavy atom. The van der Waals surface area contributed by atoms with E-state index in [4.69, 9.17) is 5.73 Å². The molecule has 0 aromatic heterocycles. The molecule has 0 bridgehead atoms. The Bertz CT molecular complexity index is 225. The number of nitrogens with two attached hydrogens (primary N) is 1. The predicted octanol–water partition coefficient (Wildman–Crippen LogP) is 3.65. The quantitative estimate of drug-likeness (QED) is 0.733. The van der Waals surface area contributed by atoms with E-state index >= 15 is 0 Å². The minimum atomic E-state index is 0.257. The summed E-state index contributed by atoms with van der Waals surface area (Å²) in [7, 11) is 0. The highest BCUT2D eigenvalue weighted by Crippen LogP contribution is 2.28. The largest absolute Gasteiger partial charge is 0.330 e. The molecule has 2 heteroatoms. The van der Waals surface area contributed by atoms with Gasteiger partial charge in [0.15, 0.2) is 0 Å². The molecule has 0 spiro atoms. The number of hydrogen-bond acceptors (Lipinski definition) is 2. The van der Waals surface area contributed by atoms with Crippen LogP contribution in [0, 0.1) is 11.3 Å². The van der Waals surface area contributed by atoms with Crippen LogP contribution in [0.1, 0.15) is 66.2 Å². The standard InChI is InChI=1S/C16H34N2/c1-5-11-18(13-16(3,4)12-17)15-8-6-7-14(2)9-10-15/h14-15H,5-13,17H2,1-4H3. The second kappa shape index (κ2) is 7.49. The summed E-state index contributed by atoms with van der Waals surface area (Å²) in [6.45, 7) is 12.5. The molecule has 0 amide bonds. The van der Waals surface area contributed by atoms with E-state index in [1.807, 2.05) is 0 Å². The topological polar surface area (TPSA) is 29.3 Å². The highest BCUT2D eigenvalue weighted by Gasteiger charge is 2.26. The Kier molecular flexibility index (Phi) is 6.65. The van der Waals surface area contributed by atoms with Gasteiger partial charge in [0, 0.05) is 12.6 Å². The summed E-state index contributed by atoms with van der Waals surface area (Å²) in [5.74, 6) is 0.931. The zero-order valence-corrected chi connectivity index (χ0v) is 13.0. The van der Waals surface area contributed by atoms with Crippen LogP contribution < -0.4 is 5.73 Å². The molecule has 2 unspecified atom stereocenters. The Labute approximate surface area is 114 Å². The molecule has 2 N–H and O–H groups in total. The Morgan fingerprint density at radius 1 is 1.17 bits per heavy atom. The van der Waals surface area contributed by atoms with Gasteiger partial charge in [-0.15, -0.1) is 0 Å². The van der Waals surface area contributed by atoms with Crippen molar-refractivity contribution in [3.8, 4) is 0 Å². The fraction of sp³-hybridized carbons (Fsp3) is 1.00. The second-order valence-corrected chi connectivity index (χ2v) is 7.11. The molecular weight excluding hydrogens is 220 g/mol. The van der Waals surface area contributed by atoms with Gasteiger partial charge in [0.25, 0.3) is 0 Å². The summed E-state index contributed by atoms with van der Waals surface area (Å²) >= 11 is 0. The molecule has 1 fully saturated rings. The highest BCUT2D eigenvalue weighted by atomic mass is 15.2. The lowest BCUT2D eigenvalue weighted by atomic mass is 9.91. The van der Waals surface area contributed by atoms with Crippen LogP contribution in [-0.2, 0) is 0 Å². The van der Waals surface area contributed by atoms with Crippen molar-refractivity contribution in [1.29, 1.82) is 0 Å². The van der Waals surface area contributed by atoms with Gasteiger partial charge in [-0.2, -0.15) is 0 Å². The molecule has 108 valence electrons. The molecule has 0 saturated heterocycles. The maximum absolute atomic E-state index is 5.91. The molecule has 1 aliphatic carbocycles. The summed E-state index contributed by atoms with van der Waals surface area (Å²) < 4.78 is 0. The molecule has 0 radical (unpaired) electrons. The fourth-order valence-electron chi connectivity index (χ4n) is 3.12. The van der Waals surface area contributed by atoms with Crippen molar-refractivity contribution in [1.82, 2.24) is 4.90 Å². The first-order valence-electron chi connectivity index (χ1n) is 7.92. The monoisotopic (exact) mass is 254 g/mol. The van der Waals surface area contributed by atoms with Crippen LogP contribution in [0.25, 0.3) is 0 Å². The van der Waals surface area contributed by atoms with Gasteiger partial charge in [-0.3, -0.25) is 4.90 Å². The first-order valence-corrected chi connectivity index (χ1v) is 7.92. The summed E-state index contributed by atoms with van der Waals surface area (Å²) in [6.07, 6.45) is 8.29. The Hall–Kier alpha value is -0.0800. The van der Waals surface area contributed by atoms with E-state index in [9.17, 15) is 0 Å². The van der Waals surface area contributed by atoms with E-state index in [1.54, 1.807) is 0 Å². The van der Waals surface area contributed by atoms with Crippen molar-refractivity contribution < 1.29 is 0 Å². The molecule has 0 aliphatic heterocycles. The van der Waals surface area contributed by atoms with Gasteiger partial charge in [0.1, 0.15) is 0 Å². The van der Waals surface area contributed by atoms with Crippen molar-refractivity contribution in [3.63, 3.8) is 0 Å². The third kappa shape index (κ3) is 5.27. The molecule has 0 heterocycles. The van der Waals surface area contributed by atoms with Gasteiger partial charge in [-0.25, -0.2) is 0 Å². The maximum atomic E-state index is 5.91. The van der Waals surface area contributed by atoms with Crippen molar-refractivity contribution >= 4 is 0 Å². The zero-order valence-electron chi connectivity index (χ0n) is 13.0. The minimum Gasteiger partial charge on any atom is -0.330 e. The lowest BCUT2D eigenvalue weighted by Gasteiger charge is -2.37. The van der Waals surface area contributed by atoms with Gasteiger partial charge < -0.3 is 5.73 Å². The molecule has 2 nitrogen and oxygen atoms in total. The Balaban J connectivity index is 2.59. The van der Waals surface area contributed by atoms with E-state index < -0.39 is 0 Å². The molecule has 1 saturated carbocycles. The van der Waals surface area contributed by atoms with Gasteiger partial charge in [-0.05, 0) is 50.1 Å². The van der Waals surface area contributed by atoms with Crippen molar-refractivity contribution in [2.75, 3.05) is 19.6 Å².